The van der Waals surface area contributed by atoms with Gasteiger partial charge in [-0.3, -0.25) is 9.69 Å². The Kier molecular flexibility index (Phi) is 6.11. The summed E-state index contributed by atoms with van der Waals surface area (Å²) in [4.78, 5) is 24.0. The normalized spacial score (nSPS) is 21.6. The number of carboxylic acids is 1. The first-order chi connectivity index (χ1) is 8.92. The van der Waals surface area contributed by atoms with E-state index in [2.05, 4.69) is 17.2 Å². The maximum absolute atomic E-state index is 11.4. The van der Waals surface area contributed by atoms with Crippen LogP contribution in [0.15, 0.2) is 11.6 Å². The quantitative estimate of drug-likeness (QED) is 0.652. The van der Waals surface area contributed by atoms with Crippen molar-refractivity contribution in [3.63, 3.8) is 0 Å². The summed E-state index contributed by atoms with van der Waals surface area (Å²) >= 11 is 5.54. The monoisotopic (exact) mass is 289 g/mol. The van der Waals surface area contributed by atoms with Gasteiger partial charge in [-0.15, -0.1) is 0 Å². The van der Waals surface area contributed by atoms with Gasteiger partial charge in [0.1, 0.15) is 0 Å². The largest absolute Gasteiger partial charge is 0.480 e. The van der Waals surface area contributed by atoms with Gasteiger partial charge in [0, 0.05) is 17.1 Å². The van der Waals surface area contributed by atoms with Crippen LogP contribution in [0.3, 0.4) is 0 Å². The van der Waals surface area contributed by atoms with Gasteiger partial charge in [0.2, 0.25) is 0 Å². The molecule has 3 N–H and O–H groups in total. The highest BCUT2D eigenvalue weighted by Crippen LogP contribution is 2.25. The van der Waals surface area contributed by atoms with Crippen LogP contribution in [0.1, 0.15) is 19.8 Å². The summed E-state index contributed by atoms with van der Waals surface area (Å²) in [5.74, 6) is -0.823. The number of urea groups is 1. The van der Waals surface area contributed by atoms with Crippen LogP contribution in [0.4, 0.5) is 4.79 Å². The zero-order valence-electron chi connectivity index (χ0n) is 11.0. The number of rotatable bonds is 7. The fourth-order valence-corrected chi connectivity index (χ4v) is 2.16. The molecule has 0 aliphatic heterocycles. The van der Waals surface area contributed by atoms with Crippen molar-refractivity contribution in [1.82, 2.24) is 15.5 Å². The van der Waals surface area contributed by atoms with Crippen molar-refractivity contribution in [2.45, 2.75) is 31.8 Å². The minimum absolute atomic E-state index is 0.0478. The molecule has 1 aliphatic rings. The molecular weight excluding hydrogens is 270 g/mol. The van der Waals surface area contributed by atoms with Crippen LogP contribution in [0.5, 0.6) is 0 Å². The van der Waals surface area contributed by atoms with E-state index in [4.69, 9.17) is 16.7 Å². The summed E-state index contributed by atoms with van der Waals surface area (Å²) < 4.78 is 0. The number of carboxylic acid groups (broad SMARTS) is 1. The fourth-order valence-electron chi connectivity index (χ4n) is 2.09. The molecule has 108 valence electrons. The number of nitrogens with one attached hydrogen (secondary N) is 2. The number of nitrogens with zero attached hydrogens (tertiary/aromatic N) is 1. The fraction of sp³-hybridized carbons (Fsp3) is 0.667. The Hall–Kier alpha value is -1.27. The smallest absolute Gasteiger partial charge is 0.317 e. The molecule has 1 saturated carbocycles. The molecule has 0 unspecified atom stereocenters. The van der Waals surface area contributed by atoms with Gasteiger partial charge in [0.15, 0.2) is 0 Å². The highest BCUT2D eigenvalue weighted by Gasteiger charge is 2.34. The second-order valence-electron chi connectivity index (χ2n) is 4.62. The molecule has 1 fully saturated rings. The van der Waals surface area contributed by atoms with Crippen molar-refractivity contribution in [3.8, 4) is 0 Å². The van der Waals surface area contributed by atoms with Gasteiger partial charge in [-0.2, -0.15) is 0 Å². The SMILES string of the molecule is C=C(Cl)CNC(=O)NC1CC(N(CC)CC(=O)O)C1. The van der Waals surface area contributed by atoms with Gasteiger partial charge >= 0.3 is 12.0 Å². The molecule has 1 rings (SSSR count). The molecule has 6 nitrogen and oxygen atoms in total. The lowest BCUT2D eigenvalue weighted by Gasteiger charge is -2.42. The number of hydrogen-bond acceptors (Lipinski definition) is 3. The molecule has 0 saturated heterocycles. The third-order valence-electron chi connectivity index (χ3n) is 3.15. The highest BCUT2D eigenvalue weighted by molar-refractivity contribution is 6.29. The molecule has 0 atom stereocenters. The Morgan fingerprint density at radius 1 is 1.47 bits per heavy atom. The Balaban J connectivity index is 2.23. The molecule has 0 spiro atoms. The summed E-state index contributed by atoms with van der Waals surface area (Å²) in [6.07, 6.45) is 1.55. The van der Waals surface area contributed by atoms with E-state index < -0.39 is 5.97 Å². The van der Waals surface area contributed by atoms with Crippen molar-refractivity contribution in [2.24, 2.45) is 0 Å². The van der Waals surface area contributed by atoms with Crippen LogP contribution in [0.25, 0.3) is 0 Å². The number of hydrogen-bond donors (Lipinski definition) is 3. The van der Waals surface area contributed by atoms with E-state index in [1.807, 2.05) is 11.8 Å². The number of carbonyl (C=O) groups is 2. The van der Waals surface area contributed by atoms with Crippen molar-refractivity contribution >= 4 is 23.6 Å². The first kappa shape index (κ1) is 15.8. The number of aliphatic carboxylic acids is 1. The van der Waals surface area contributed by atoms with Gasteiger partial charge in [-0.25, -0.2) is 4.79 Å². The predicted octanol–water partition coefficient (Wildman–Crippen LogP) is 0.976. The molecule has 2 amide bonds. The molecule has 19 heavy (non-hydrogen) atoms. The van der Waals surface area contributed by atoms with Crippen molar-refractivity contribution in [2.75, 3.05) is 19.6 Å². The van der Waals surface area contributed by atoms with E-state index in [1.165, 1.54) is 0 Å². The van der Waals surface area contributed by atoms with Crippen molar-refractivity contribution in [3.05, 3.63) is 11.6 Å². The second kappa shape index (κ2) is 7.35. The maximum Gasteiger partial charge on any atom is 0.317 e. The lowest BCUT2D eigenvalue weighted by Crippen LogP contribution is -2.56. The molecule has 0 heterocycles. The van der Waals surface area contributed by atoms with Crippen LogP contribution in [-0.4, -0.2) is 53.7 Å². The summed E-state index contributed by atoms with van der Waals surface area (Å²) in [5, 5.41) is 14.5. The van der Waals surface area contributed by atoms with Crippen molar-refractivity contribution in [1.29, 1.82) is 0 Å². The van der Waals surface area contributed by atoms with Gasteiger partial charge in [0.05, 0.1) is 13.1 Å². The maximum atomic E-state index is 11.4. The third-order valence-corrected chi connectivity index (χ3v) is 3.28. The van der Waals surface area contributed by atoms with Crippen LogP contribution in [0.2, 0.25) is 0 Å². The number of carbonyl (C=O) groups excluding carboxylic acids is 1. The third kappa shape index (κ3) is 5.48. The van der Waals surface area contributed by atoms with Gasteiger partial charge in [-0.05, 0) is 19.4 Å². The van der Waals surface area contributed by atoms with E-state index in [-0.39, 0.29) is 31.2 Å². The summed E-state index contributed by atoms with van der Waals surface area (Å²) in [6, 6.07) is 0.0531. The Labute approximate surface area is 117 Å². The van der Waals surface area contributed by atoms with Crippen LogP contribution in [-0.2, 0) is 4.79 Å². The number of likely N-dealkylation sites (N-methyl/N-ethyl adjacent to an activating group) is 1. The van der Waals surface area contributed by atoms with Crippen LogP contribution in [0, 0.1) is 0 Å². The Bertz CT molecular complexity index is 356. The molecule has 7 heteroatoms. The predicted molar refractivity (Wildman–Crippen MR) is 73.2 cm³/mol. The summed E-state index contributed by atoms with van der Waals surface area (Å²) in [7, 11) is 0. The molecule has 0 aromatic heterocycles. The first-order valence-corrected chi connectivity index (χ1v) is 6.63. The minimum atomic E-state index is -0.823. The number of halogens is 1. The van der Waals surface area contributed by atoms with E-state index in [0.717, 1.165) is 12.8 Å². The van der Waals surface area contributed by atoms with Gasteiger partial charge in [-0.1, -0.05) is 25.1 Å². The lowest BCUT2D eigenvalue weighted by molar-refractivity contribution is -0.139. The van der Waals surface area contributed by atoms with E-state index >= 15 is 0 Å². The van der Waals surface area contributed by atoms with Gasteiger partial charge in [0.25, 0.3) is 0 Å². The standard InChI is InChI=1S/C12H20ClN3O3/c1-3-16(7-11(17)18)10-4-9(5-10)15-12(19)14-6-8(2)13/h9-10H,2-7H2,1H3,(H,17,18)(H2,14,15,19). The van der Waals surface area contributed by atoms with Crippen LogP contribution >= 0.6 is 11.6 Å². The Morgan fingerprint density at radius 3 is 2.58 bits per heavy atom. The molecule has 0 radical (unpaired) electrons. The minimum Gasteiger partial charge on any atom is -0.480 e. The van der Waals surface area contributed by atoms with E-state index in [9.17, 15) is 9.59 Å². The Morgan fingerprint density at radius 2 is 2.11 bits per heavy atom. The zero-order valence-corrected chi connectivity index (χ0v) is 11.7. The lowest BCUT2D eigenvalue weighted by atomic mass is 9.85. The van der Waals surface area contributed by atoms with Gasteiger partial charge < -0.3 is 15.7 Å². The molecule has 0 bridgehead atoms. The molecule has 0 aromatic rings. The molecular formula is C12H20ClN3O3. The first-order valence-electron chi connectivity index (χ1n) is 6.25. The highest BCUT2D eigenvalue weighted by atomic mass is 35.5. The van der Waals surface area contributed by atoms with E-state index in [1.54, 1.807) is 0 Å². The van der Waals surface area contributed by atoms with Crippen LogP contribution < -0.4 is 10.6 Å². The summed E-state index contributed by atoms with van der Waals surface area (Å²) in [6.45, 7) is 6.39. The number of amides is 2. The molecule has 1 aliphatic carbocycles. The topological polar surface area (TPSA) is 81.7 Å². The summed E-state index contributed by atoms with van der Waals surface area (Å²) in [5.41, 5.74) is 0. The van der Waals surface area contributed by atoms with Crippen molar-refractivity contribution < 1.29 is 14.7 Å². The zero-order chi connectivity index (χ0) is 14.4. The second-order valence-corrected chi connectivity index (χ2v) is 5.16. The average molecular weight is 290 g/mol. The van der Waals surface area contributed by atoms with E-state index in [0.29, 0.717) is 11.6 Å². The average Bonchev–Trinajstić information content (AvgIpc) is 2.27. The molecule has 0 aromatic carbocycles.